The first-order chi connectivity index (χ1) is 22.1. The number of nitro benzene ring substituents is 2. The van der Waals surface area contributed by atoms with Crippen molar-refractivity contribution in [2.75, 3.05) is 24.6 Å². The summed E-state index contributed by atoms with van der Waals surface area (Å²) in [5.74, 6) is 4.49. The molecule has 2 aliphatic rings. The van der Waals surface area contributed by atoms with Gasteiger partial charge in [-0.2, -0.15) is 0 Å². The zero-order chi connectivity index (χ0) is 35.0. The van der Waals surface area contributed by atoms with Crippen LogP contribution in [0.2, 0.25) is 0 Å². The molecule has 0 N–H and O–H groups in total. The van der Waals surface area contributed by atoms with Crippen molar-refractivity contribution in [3.05, 3.63) is 67.8 Å². The minimum Gasteiger partial charge on any atom is -0.347 e. The van der Waals surface area contributed by atoms with Crippen LogP contribution in [0.1, 0.15) is 72.9 Å². The molecule has 0 saturated carbocycles. The molecule has 2 atom stereocenters. The number of aliphatic imine (C=N–C) groups is 2. The number of nitrogens with zero attached hydrogens (tertiary/aromatic N) is 6. The van der Waals surface area contributed by atoms with Gasteiger partial charge in [0.25, 0.3) is 11.4 Å². The van der Waals surface area contributed by atoms with Gasteiger partial charge < -0.3 is 9.80 Å². The summed E-state index contributed by atoms with van der Waals surface area (Å²) in [6, 6.07) is 10.8. The fraction of sp³-hybridized carbons (Fsp3) is 0.600. The van der Waals surface area contributed by atoms with Crippen molar-refractivity contribution in [3.63, 3.8) is 0 Å². The zero-order valence-corrected chi connectivity index (χ0v) is 31.2. The molecular weight excluding hydrogens is 633 g/mol. The predicted molar refractivity (Wildman–Crippen MR) is 200 cm³/mol. The number of benzene rings is 2. The Morgan fingerprint density at radius 3 is 1.57 bits per heavy atom. The molecule has 2 aliphatic heterocycles. The average Bonchev–Trinajstić information content (AvgIpc) is 3.53. The van der Waals surface area contributed by atoms with Crippen LogP contribution in [-0.4, -0.2) is 66.7 Å². The number of rotatable bonds is 11. The number of aryl methyl sites for hydroxylation is 2. The molecule has 2 saturated heterocycles. The highest BCUT2D eigenvalue weighted by atomic mass is 32.2. The van der Waals surface area contributed by atoms with E-state index in [4.69, 9.17) is 9.98 Å². The Hall–Kier alpha value is -3.12. The maximum atomic E-state index is 10.9. The Labute approximate surface area is 289 Å². The molecule has 258 valence electrons. The van der Waals surface area contributed by atoms with Gasteiger partial charge in [0.15, 0.2) is 10.3 Å². The van der Waals surface area contributed by atoms with Crippen LogP contribution < -0.4 is 0 Å². The topological polar surface area (TPSA) is 117 Å². The van der Waals surface area contributed by atoms with Gasteiger partial charge in [0.2, 0.25) is 0 Å². The van der Waals surface area contributed by atoms with E-state index in [0.29, 0.717) is 35.8 Å². The molecule has 2 aromatic rings. The van der Waals surface area contributed by atoms with Crippen molar-refractivity contribution in [2.45, 2.75) is 87.7 Å². The van der Waals surface area contributed by atoms with Crippen LogP contribution in [0.3, 0.4) is 0 Å². The van der Waals surface area contributed by atoms with Crippen molar-refractivity contribution < 1.29 is 9.85 Å². The highest BCUT2D eigenvalue weighted by Gasteiger charge is 2.33. The van der Waals surface area contributed by atoms with Crippen LogP contribution in [0.4, 0.5) is 22.7 Å². The maximum Gasteiger partial charge on any atom is 0.269 e. The summed E-state index contributed by atoms with van der Waals surface area (Å²) in [7, 11) is 0. The molecule has 2 fully saturated rings. The van der Waals surface area contributed by atoms with Gasteiger partial charge >= 0.3 is 0 Å². The van der Waals surface area contributed by atoms with E-state index in [-0.39, 0.29) is 21.2 Å². The van der Waals surface area contributed by atoms with Crippen molar-refractivity contribution in [1.29, 1.82) is 0 Å². The van der Waals surface area contributed by atoms with E-state index in [1.165, 1.54) is 12.1 Å². The second kappa shape index (κ2) is 17.3. The summed E-state index contributed by atoms with van der Waals surface area (Å²) in [6.07, 6.45) is 1.16. The Bertz CT molecular complexity index is 1460. The molecule has 2 aromatic carbocycles. The lowest BCUT2D eigenvalue weighted by Gasteiger charge is -2.30. The van der Waals surface area contributed by atoms with Crippen LogP contribution in [0.25, 0.3) is 0 Å². The molecule has 0 aromatic heterocycles. The van der Waals surface area contributed by atoms with E-state index in [1.54, 1.807) is 47.8 Å². The van der Waals surface area contributed by atoms with Gasteiger partial charge in [-0.15, -0.1) is 0 Å². The Balaban J connectivity index is 0.000000256. The number of non-ortho nitro benzene ring substituents is 2. The minimum atomic E-state index is -0.367. The summed E-state index contributed by atoms with van der Waals surface area (Å²) >= 11 is 3.58. The molecule has 0 amide bonds. The molecule has 0 radical (unpaired) electrons. The van der Waals surface area contributed by atoms with Crippen LogP contribution in [0.5, 0.6) is 0 Å². The van der Waals surface area contributed by atoms with Crippen molar-refractivity contribution >= 4 is 56.6 Å². The largest absolute Gasteiger partial charge is 0.347 e. The molecule has 0 bridgehead atoms. The molecule has 4 rings (SSSR count). The first kappa shape index (κ1) is 38.3. The lowest BCUT2D eigenvalue weighted by molar-refractivity contribution is -0.385. The smallest absolute Gasteiger partial charge is 0.269 e. The third-order valence-corrected chi connectivity index (χ3v) is 10.2. The molecule has 47 heavy (non-hydrogen) atoms. The lowest BCUT2D eigenvalue weighted by atomic mass is 10.0. The quantitative estimate of drug-likeness (QED) is 0.170. The average molecular weight is 685 g/mol. The summed E-state index contributed by atoms with van der Waals surface area (Å²) in [5, 5.41) is 23.8. The van der Waals surface area contributed by atoms with Gasteiger partial charge in [0, 0.05) is 60.9 Å². The zero-order valence-electron chi connectivity index (χ0n) is 29.6. The van der Waals surface area contributed by atoms with E-state index in [0.717, 1.165) is 63.9 Å². The molecule has 12 heteroatoms. The summed E-state index contributed by atoms with van der Waals surface area (Å²) in [4.78, 5) is 35.5. The van der Waals surface area contributed by atoms with Gasteiger partial charge in [0.05, 0.1) is 21.2 Å². The number of thioether (sulfide) groups is 2. The predicted octanol–water partition coefficient (Wildman–Crippen LogP) is 9.63. The molecular formula is C35H52N6O4S2. The van der Waals surface area contributed by atoms with Gasteiger partial charge in [-0.1, -0.05) is 78.9 Å². The number of hydrogen-bond acceptors (Lipinski definition) is 8. The van der Waals surface area contributed by atoms with Gasteiger partial charge in [0.1, 0.15) is 0 Å². The third kappa shape index (κ3) is 11.0. The SMILES string of the molecule is Cc1cc([N+](=O)[O-])ccc1N=C1SCC(C(C)C)N1CC(C)C.Cc1cc([N+](=O)[O-])ccc1N=C1SCC(CC(C)C)N1CC(C)C. The Morgan fingerprint density at radius 1 is 0.723 bits per heavy atom. The van der Waals surface area contributed by atoms with Gasteiger partial charge in [-0.05, 0) is 67.2 Å². The number of hydrogen-bond donors (Lipinski definition) is 0. The summed E-state index contributed by atoms with van der Waals surface area (Å²) in [6.45, 7) is 23.6. The van der Waals surface area contributed by atoms with Crippen LogP contribution in [0.15, 0.2) is 46.4 Å². The number of nitro groups is 2. The molecule has 2 unspecified atom stereocenters. The third-order valence-electron chi connectivity index (χ3n) is 7.97. The van der Waals surface area contributed by atoms with Crippen molar-refractivity contribution in [2.24, 2.45) is 33.7 Å². The van der Waals surface area contributed by atoms with E-state index >= 15 is 0 Å². The standard InChI is InChI=1S/C18H27N3O2S.C17H25N3O2S/c1-12(2)8-16-11-24-18(20(16)10-13(3)4)19-17-7-6-15(21(22)23)9-14(17)5;1-11(2)9-19-16(12(3)4)10-23-17(19)18-15-7-6-14(20(21)22)8-13(15)5/h6-7,9,12-13,16H,8,10-11H2,1-5H3;6-8,11-12,16H,9-10H2,1-5H3. The second-order valence-electron chi connectivity index (χ2n) is 14.1. The normalized spacial score (nSPS) is 19.9. The van der Waals surface area contributed by atoms with E-state index in [1.807, 2.05) is 13.8 Å². The maximum absolute atomic E-state index is 10.9. The van der Waals surface area contributed by atoms with E-state index in [9.17, 15) is 20.2 Å². The fourth-order valence-corrected chi connectivity index (χ4v) is 8.28. The highest BCUT2D eigenvalue weighted by Crippen LogP contribution is 2.34. The molecule has 2 heterocycles. The van der Waals surface area contributed by atoms with Crippen LogP contribution in [-0.2, 0) is 0 Å². The first-order valence-corrected chi connectivity index (χ1v) is 18.5. The van der Waals surface area contributed by atoms with Crippen molar-refractivity contribution in [3.8, 4) is 0 Å². The van der Waals surface area contributed by atoms with E-state index in [2.05, 4.69) is 65.2 Å². The van der Waals surface area contributed by atoms with Crippen molar-refractivity contribution in [1.82, 2.24) is 9.80 Å². The van der Waals surface area contributed by atoms with Crippen LogP contribution >= 0.6 is 23.5 Å². The van der Waals surface area contributed by atoms with Gasteiger partial charge in [-0.25, -0.2) is 9.98 Å². The first-order valence-electron chi connectivity index (χ1n) is 16.5. The fourth-order valence-electron chi connectivity index (χ4n) is 5.65. The van der Waals surface area contributed by atoms with Gasteiger partial charge in [-0.3, -0.25) is 20.2 Å². The van der Waals surface area contributed by atoms with Crippen LogP contribution in [0, 0.1) is 57.7 Å². The summed E-state index contributed by atoms with van der Waals surface area (Å²) in [5.41, 5.74) is 3.55. The number of amidine groups is 2. The summed E-state index contributed by atoms with van der Waals surface area (Å²) < 4.78 is 0. The lowest BCUT2D eigenvalue weighted by Crippen LogP contribution is -2.39. The minimum absolute atomic E-state index is 0.115. The Kier molecular flexibility index (Phi) is 14.1. The molecule has 10 nitrogen and oxygen atoms in total. The molecule has 0 aliphatic carbocycles. The Morgan fingerprint density at radius 2 is 1.17 bits per heavy atom. The monoisotopic (exact) mass is 684 g/mol. The van der Waals surface area contributed by atoms with E-state index < -0.39 is 0 Å². The molecule has 0 spiro atoms. The highest BCUT2D eigenvalue weighted by molar-refractivity contribution is 8.14. The second-order valence-corrected chi connectivity index (χ2v) is 16.0.